The van der Waals surface area contributed by atoms with Crippen molar-refractivity contribution in [2.24, 2.45) is 5.92 Å². The van der Waals surface area contributed by atoms with Crippen LogP contribution in [-0.4, -0.2) is 64.1 Å². The molecule has 1 heterocycles. The van der Waals surface area contributed by atoms with E-state index in [-0.39, 0.29) is 21.7 Å². The van der Waals surface area contributed by atoms with Crippen LogP contribution in [0.1, 0.15) is 20.3 Å². The van der Waals surface area contributed by atoms with Crippen LogP contribution in [-0.2, 0) is 10.0 Å². The van der Waals surface area contributed by atoms with Gasteiger partial charge in [-0.3, -0.25) is 0 Å². The van der Waals surface area contributed by atoms with Gasteiger partial charge in [-0.05, 0) is 64.3 Å². The van der Waals surface area contributed by atoms with Crippen molar-refractivity contribution in [3.05, 3.63) is 53.7 Å². The van der Waals surface area contributed by atoms with Crippen molar-refractivity contribution < 1.29 is 13.2 Å². The molecule has 0 bridgehead atoms. The molecule has 12 heteroatoms. The highest BCUT2D eigenvalue weighted by molar-refractivity contribution is 7.89. The summed E-state index contributed by atoms with van der Waals surface area (Å²) in [7, 11) is 1.77. The lowest BCUT2D eigenvalue weighted by Gasteiger charge is -2.17. The molecule has 4 N–H and O–H groups in total. The van der Waals surface area contributed by atoms with Gasteiger partial charge in [0, 0.05) is 18.3 Å². The van der Waals surface area contributed by atoms with Gasteiger partial charge in [-0.25, -0.2) is 18.1 Å². The standard InChI is InChI=1S/C26H36ClN7O3S/c1-18(2)17-37-23-15-19(29-13-8-14-34(4)5)11-12-21(23)32-26-30-16-20(27)25(33-26)31-22-9-6-7-10-24(22)38(35,36)28-3/h6-7,9-12,15-16,18,28-29H,8,13-14,17H2,1-5H3,(H2,30,31,32,33). The molecule has 0 spiro atoms. The molecule has 0 amide bonds. The van der Waals surface area contributed by atoms with Crippen molar-refractivity contribution in [3.63, 3.8) is 0 Å². The van der Waals surface area contributed by atoms with E-state index in [0.29, 0.717) is 29.6 Å². The van der Waals surface area contributed by atoms with Gasteiger partial charge in [-0.15, -0.1) is 0 Å². The van der Waals surface area contributed by atoms with Gasteiger partial charge in [0.2, 0.25) is 16.0 Å². The fourth-order valence-electron chi connectivity index (χ4n) is 3.42. The lowest BCUT2D eigenvalue weighted by Crippen LogP contribution is -2.19. The molecule has 3 aromatic rings. The van der Waals surface area contributed by atoms with Gasteiger partial charge in [0.05, 0.1) is 24.2 Å². The fourth-order valence-corrected chi connectivity index (χ4v) is 4.44. The summed E-state index contributed by atoms with van der Waals surface area (Å²) in [4.78, 5) is 11.0. The number of benzene rings is 2. The zero-order valence-electron chi connectivity index (χ0n) is 22.4. The normalized spacial score (nSPS) is 11.6. The summed E-state index contributed by atoms with van der Waals surface area (Å²) in [6, 6.07) is 12.3. The van der Waals surface area contributed by atoms with Gasteiger partial charge in [-0.2, -0.15) is 4.98 Å². The van der Waals surface area contributed by atoms with Crippen LogP contribution < -0.4 is 25.4 Å². The summed E-state index contributed by atoms with van der Waals surface area (Å²) in [5, 5.41) is 9.90. The number of ether oxygens (including phenoxy) is 1. The predicted molar refractivity (Wildman–Crippen MR) is 155 cm³/mol. The monoisotopic (exact) mass is 561 g/mol. The minimum Gasteiger partial charge on any atom is -0.491 e. The third-order valence-corrected chi connectivity index (χ3v) is 7.10. The Labute approximate surface area is 230 Å². The van der Waals surface area contributed by atoms with Crippen LogP contribution in [0.3, 0.4) is 0 Å². The van der Waals surface area contributed by atoms with Crippen molar-refractivity contribution in [1.82, 2.24) is 19.6 Å². The number of nitrogens with zero attached hydrogens (tertiary/aromatic N) is 3. The van der Waals surface area contributed by atoms with Crippen LogP contribution in [0.5, 0.6) is 5.75 Å². The Morgan fingerprint density at radius 3 is 2.55 bits per heavy atom. The fraction of sp³-hybridized carbons (Fsp3) is 0.385. The molecule has 0 aliphatic rings. The van der Waals surface area contributed by atoms with E-state index in [9.17, 15) is 8.42 Å². The van der Waals surface area contributed by atoms with Crippen molar-refractivity contribution in [2.75, 3.05) is 56.8 Å². The number of para-hydroxylation sites is 1. The summed E-state index contributed by atoms with van der Waals surface area (Å²) >= 11 is 6.35. The molecule has 206 valence electrons. The van der Waals surface area contributed by atoms with E-state index in [1.807, 2.05) is 18.2 Å². The number of halogens is 1. The average Bonchev–Trinajstić information content (AvgIpc) is 2.88. The smallest absolute Gasteiger partial charge is 0.242 e. The van der Waals surface area contributed by atoms with Crippen LogP contribution in [0.15, 0.2) is 53.6 Å². The molecular weight excluding hydrogens is 526 g/mol. The number of sulfonamides is 1. The maximum Gasteiger partial charge on any atom is 0.242 e. The Balaban J connectivity index is 1.84. The first-order valence-electron chi connectivity index (χ1n) is 12.3. The minimum absolute atomic E-state index is 0.0738. The number of aromatic nitrogens is 2. The molecular formula is C26H36ClN7O3S. The maximum atomic E-state index is 12.4. The van der Waals surface area contributed by atoms with Crippen molar-refractivity contribution in [2.45, 2.75) is 25.2 Å². The molecule has 1 aromatic heterocycles. The van der Waals surface area contributed by atoms with Crippen LogP contribution >= 0.6 is 11.6 Å². The first-order valence-corrected chi connectivity index (χ1v) is 14.2. The second kappa shape index (κ2) is 13.6. The molecule has 2 aromatic carbocycles. The molecule has 0 saturated heterocycles. The van der Waals surface area contributed by atoms with Crippen LogP contribution in [0.2, 0.25) is 5.02 Å². The third-order valence-electron chi connectivity index (χ3n) is 5.35. The van der Waals surface area contributed by atoms with Crippen molar-refractivity contribution in [1.29, 1.82) is 0 Å². The third kappa shape index (κ3) is 8.45. The highest BCUT2D eigenvalue weighted by atomic mass is 35.5. The summed E-state index contributed by atoms with van der Waals surface area (Å²) in [5.41, 5.74) is 1.98. The number of nitrogens with one attached hydrogen (secondary N) is 4. The first kappa shape index (κ1) is 29.4. The van der Waals surface area contributed by atoms with E-state index in [2.05, 4.69) is 63.5 Å². The summed E-state index contributed by atoms with van der Waals surface area (Å²) in [6.07, 6.45) is 2.46. The Morgan fingerprint density at radius 1 is 1.08 bits per heavy atom. The van der Waals surface area contributed by atoms with Gasteiger partial charge < -0.3 is 25.6 Å². The van der Waals surface area contributed by atoms with E-state index in [4.69, 9.17) is 16.3 Å². The number of rotatable bonds is 14. The molecule has 3 rings (SSSR count). The lowest BCUT2D eigenvalue weighted by atomic mass is 10.2. The predicted octanol–water partition coefficient (Wildman–Crippen LogP) is 4.92. The van der Waals surface area contributed by atoms with Gasteiger partial charge in [0.1, 0.15) is 15.7 Å². The van der Waals surface area contributed by atoms with Crippen molar-refractivity contribution >= 4 is 50.5 Å². The summed E-state index contributed by atoms with van der Waals surface area (Å²) < 4.78 is 33.3. The van der Waals surface area contributed by atoms with Gasteiger partial charge in [0.15, 0.2) is 5.82 Å². The van der Waals surface area contributed by atoms with E-state index in [0.717, 1.165) is 25.2 Å². The topological polar surface area (TPSA) is 121 Å². The van der Waals surface area contributed by atoms with Crippen LogP contribution in [0, 0.1) is 5.92 Å². The average molecular weight is 562 g/mol. The molecule has 0 atom stereocenters. The van der Waals surface area contributed by atoms with Gasteiger partial charge in [0.25, 0.3) is 0 Å². The second-order valence-corrected chi connectivity index (χ2v) is 11.6. The van der Waals surface area contributed by atoms with E-state index >= 15 is 0 Å². The molecule has 0 aliphatic carbocycles. The number of hydrogen-bond acceptors (Lipinski definition) is 9. The molecule has 10 nitrogen and oxygen atoms in total. The highest BCUT2D eigenvalue weighted by Crippen LogP contribution is 2.32. The van der Waals surface area contributed by atoms with E-state index < -0.39 is 10.0 Å². The molecule has 0 saturated carbocycles. The molecule has 0 aliphatic heterocycles. The summed E-state index contributed by atoms with van der Waals surface area (Å²) in [5.74, 6) is 1.53. The molecule has 0 radical (unpaired) electrons. The minimum atomic E-state index is -3.70. The highest BCUT2D eigenvalue weighted by Gasteiger charge is 2.18. The molecule has 0 unspecified atom stereocenters. The lowest BCUT2D eigenvalue weighted by molar-refractivity contribution is 0.272. The van der Waals surface area contributed by atoms with Gasteiger partial charge >= 0.3 is 0 Å². The zero-order valence-corrected chi connectivity index (χ0v) is 23.9. The largest absolute Gasteiger partial charge is 0.491 e. The molecule has 38 heavy (non-hydrogen) atoms. The SMILES string of the molecule is CNS(=O)(=O)c1ccccc1Nc1nc(Nc2ccc(NCCCN(C)C)cc2OCC(C)C)ncc1Cl. The van der Waals surface area contributed by atoms with Gasteiger partial charge in [-0.1, -0.05) is 37.6 Å². The Kier molecular flexibility index (Phi) is 10.5. The Hall–Kier alpha value is -3.12. The van der Waals surface area contributed by atoms with E-state index in [1.54, 1.807) is 18.2 Å². The summed E-state index contributed by atoms with van der Waals surface area (Å²) in [6.45, 7) is 6.56. The molecule has 0 fully saturated rings. The Morgan fingerprint density at radius 2 is 1.84 bits per heavy atom. The quantitative estimate of drug-likeness (QED) is 0.203. The second-order valence-electron chi connectivity index (χ2n) is 9.34. The van der Waals surface area contributed by atoms with E-state index in [1.165, 1.54) is 19.3 Å². The Bertz CT molecular complexity index is 1320. The van der Waals surface area contributed by atoms with Crippen LogP contribution in [0.25, 0.3) is 0 Å². The maximum absolute atomic E-state index is 12.4. The zero-order chi connectivity index (χ0) is 27.7. The number of anilines is 5. The van der Waals surface area contributed by atoms with Crippen molar-refractivity contribution in [3.8, 4) is 5.75 Å². The van der Waals surface area contributed by atoms with Crippen LogP contribution in [0.4, 0.5) is 28.8 Å². The first-order chi connectivity index (χ1) is 18.1. The number of hydrogen-bond donors (Lipinski definition) is 4.